The van der Waals surface area contributed by atoms with Crippen LogP contribution in [0.5, 0.6) is 0 Å². The van der Waals surface area contributed by atoms with Crippen LogP contribution in [0.3, 0.4) is 0 Å². The lowest BCUT2D eigenvalue weighted by atomic mass is 10.0. The molecule has 1 atom stereocenters. The zero-order valence-corrected chi connectivity index (χ0v) is 14.3. The lowest BCUT2D eigenvalue weighted by molar-refractivity contribution is -0.135. The molecule has 0 bridgehead atoms. The minimum atomic E-state index is -0.516. The van der Waals surface area contributed by atoms with Gasteiger partial charge in [-0.25, -0.2) is 4.39 Å². The smallest absolute Gasteiger partial charge is 0.244 e. The van der Waals surface area contributed by atoms with Crippen molar-refractivity contribution in [3.05, 3.63) is 52.6 Å². The van der Waals surface area contributed by atoms with Gasteiger partial charge >= 0.3 is 0 Å². The molecule has 1 heterocycles. The van der Waals surface area contributed by atoms with Crippen molar-refractivity contribution < 1.29 is 9.18 Å². The maximum atomic E-state index is 13.6. The summed E-state index contributed by atoms with van der Waals surface area (Å²) in [6, 6.07) is 5.71. The summed E-state index contributed by atoms with van der Waals surface area (Å²) < 4.78 is 13.6. The molecule has 0 saturated heterocycles. The van der Waals surface area contributed by atoms with Crippen LogP contribution in [0.1, 0.15) is 35.0 Å². The number of rotatable bonds is 5. The van der Waals surface area contributed by atoms with Gasteiger partial charge in [0, 0.05) is 12.7 Å². The number of aromatic amines is 1. The summed E-state index contributed by atoms with van der Waals surface area (Å²) in [6.07, 6.45) is 3.19. The van der Waals surface area contributed by atoms with Crippen LogP contribution in [-0.2, 0) is 24.2 Å². The molecule has 2 aromatic rings. The van der Waals surface area contributed by atoms with Gasteiger partial charge in [-0.2, -0.15) is 5.10 Å². The van der Waals surface area contributed by atoms with Crippen LogP contribution in [0.25, 0.3) is 0 Å². The predicted molar refractivity (Wildman–Crippen MR) is 89.9 cm³/mol. The third kappa shape index (κ3) is 3.19. The highest BCUT2D eigenvalue weighted by molar-refractivity contribution is 5.83. The Hall–Kier alpha value is -2.21. The Kier molecular flexibility index (Phi) is 4.66. The van der Waals surface area contributed by atoms with Gasteiger partial charge in [-0.05, 0) is 56.6 Å². The number of amides is 1. The molecule has 0 radical (unpaired) electrons. The molecule has 0 spiro atoms. The van der Waals surface area contributed by atoms with Crippen LogP contribution < -0.4 is 0 Å². The highest BCUT2D eigenvalue weighted by Crippen LogP contribution is 2.25. The SMILES string of the molecule is CN(Cc1n[nH]c2c1CCC2)C(=O)C(c1cccc(F)c1)N(C)C. The third-order valence-corrected chi connectivity index (χ3v) is 4.57. The molecular weight excluding hydrogens is 307 g/mol. The number of nitrogens with zero attached hydrogens (tertiary/aromatic N) is 3. The number of aryl methyl sites for hydroxylation is 1. The molecular formula is C18H23FN4O. The van der Waals surface area contributed by atoms with Crippen molar-refractivity contribution in [1.82, 2.24) is 20.0 Å². The number of benzene rings is 1. The summed E-state index contributed by atoms with van der Waals surface area (Å²) in [7, 11) is 5.43. The maximum Gasteiger partial charge on any atom is 0.244 e. The molecule has 24 heavy (non-hydrogen) atoms. The van der Waals surface area contributed by atoms with E-state index in [0.29, 0.717) is 12.1 Å². The molecule has 0 saturated carbocycles. The number of carbonyl (C=O) groups excluding carboxylic acids is 1. The summed E-state index contributed by atoms with van der Waals surface area (Å²) in [5.74, 6) is -0.403. The van der Waals surface area contributed by atoms with E-state index in [4.69, 9.17) is 0 Å². The molecule has 5 nitrogen and oxygen atoms in total. The van der Waals surface area contributed by atoms with Crippen LogP contribution in [0.2, 0.25) is 0 Å². The fourth-order valence-electron chi connectivity index (χ4n) is 3.37. The number of nitrogens with one attached hydrogen (secondary N) is 1. The fourth-order valence-corrected chi connectivity index (χ4v) is 3.37. The second-order valence-electron chi connectivity index (χ2n) is 6.60. The van der Waals surface area contributed by atoms with Gasteiger partial charge in [0.25, 0.3) is 0 Å². The number of fused-ring (bicyclic) bond motifs is 1. The first-order valence-corrected chi connectivity index (χ1v) is 8.19. The summed E-state index contributed by atoms with van der Waals surface area (Å²) in [5.41, 5.74) is 4.04. The first kappa shape index (κ1) is 16.6. The molecule has 3 rings (SSSR count). The highest BCUT2D eigenvalue weighted by atomic mass is 19.1. The van der Waals surface area contributed by atoms with Crippen LogP contribution in [0.15, 0.2) is 24.3 Å². The number of halogens is 1. The topological polar surface area (TPSA) is 52.2 Å². The number of likely N-dealkylation sites (N-methyl/N-ethyl adjacent to an activating group) is 2. The zero-order chi connectivity index (χ0) is 17.3. The van der Waals surface area contributed by atoms with E-state index in [1.807, 2.05) is 19.0 Å². The Morgan fingerprint density at radius 2 is 2.12 bits per heavy atom. The molecule has 1 aliphatic carbocycles. The largest absolute Gasteiger partial charge is 0.338 e. The van der Waals surface area contributed by atoms with Gasteiger partial charge in [0.05, 0.1) is 12.2 Å². The zero-order valence-electron chi connectivity index (χ0n) is 14.3. The lowest BCUT2D eigenvalue weighted by Crippen LogP contribution is -2.38. The molecule has 0 aliphatic heterocycles. The van der Waals surface area contributed by atoms with E-state index >= 15 is 0 Å². The quantitative estimate of drug-likeness (QED) is 0.915. The number of hydrogen-bond donors (Lipinski definition) is 1. The van der Waals surface area contributed by atoms with Gasteiger partial charge in [0.15, 0.2) is 0 Å². The average molecular weight is 330 g/mol. The van der Waals surface area contributed by atoms with Gasteiger partial charge in [0.1, 0.15) is 11.9 Å². The molecule has 1 N–H and O–H groups in total. The van der Waals surface area contributed by atoms with Crippen molar-refractivity contribution >= 4 is 5.91 Å². The summed E-state index contributed by atoms with van der Waals surface area (Å²) >= 11 is 0. The van der Waals surface area contributed by atoms with Gasteiger partial charge in [-0.3, -0.25) is 14.8 Å². The molecule has 1 aliphatic rings. The standard InChI is InChI=1S/C18H23FN4O/c1-22(2)17(12-6-4-7-13(19)10-12)18(24)23(3)11-16-14-8-5-9-15(14)20-21-16/h4,6-7,10,17H,5,8-9,11H2,1-3H3,(H,20,21). The molecule has 0 fully saturated rings. The molecule has 1 aromatic carbocycles. The van der Waals surface area contributed by atoms with Crippen LogP contribution in [0, 0.1) is 5.82 Å². The van der Waals surface area contributed by atoms with Crippen LogP contribution >= 0.6 is 0 Å². The Labute approximate surface area is 141 Å². The van der Waals surface area contributed by atoms with E-state index < -0.39 is 6.04 Å². The van der Waals surface area contributed by atoms with E-state index in [2.05, 4.69) is 10.2 Å². The molecule has 1 unspecified atom stereocenters. The van der Waals surface area contributed by atoms with E-state index in [0.717, 1.165) is 25.0 Å². The lowest BCUT2D eigenvalue weighted by Gasteiger charge is -2.28. The number of hydrogen-bond acceptors (Lipinski definition) is 3. The van der Waals surface area contributed by atoms with Crippen molar-refractivity contribution in [2.24, 2.45) is 0 Å². The molecule has 128 valence electrons. The van der Waals surface area contributed by atoms with Gasteiger partial charge < -0.3 is 4.90 Å². The minimum Gasteiger partial charge on any atom is -0.338 e. The van der Waals surface area contributed by atoms with Crippen molar-refractivity contribution in [1.29, 1.82) is 0 Å². The Morgan fingerprint density at radius 3 is 2.83 bits per heavy atom. The predicted octanol–water partition coefficient (Wildman–Crippen LogP) is 2.30. The monoisotopic (exact) mass is 330 g/mol. The first-order valence-electron chi connectivity index (χ1n) is 8.19. The number of carbonyl (C=O) groups is 1. The Balaban J connectivity index is 1.79. The van der Waals surface area contributed by atoms with Crippen molar-refractivity contribution in [3.8, 4) is 0 Å². The van der Waals surface area contributed by atoms with Gasteiger partial charge in [-0.1, -0.05) is 12.1 Å². The highest BCUT2D eigenvalue weighted by Gasteiger charge is 2.28. The van der Waals surface area contributed by atoms with Crippen LogP contribution in [-0.4, -0.2) is 47.0 Å². The van der Waals surface area contributed by atoms with E-state index in [1.165, 1.54) is 23.4 Å². The minimum absolute atomic E-state index is 0.0691. The molecule has 1 amide bonds. The van der Waals surface area contributed by atoms with Gasteiger partial charge in [-0.15, -0.1) is 0 Å². The van der Waals surface area contributed by atoms with Crippen molar-refractivity contribution in [2.45, 2.75) is 31.8 Å². The number of H-pyrrole nitrogens is 1. The third-order valence-electron chi connectivity index (χ3n) is 4.57. The van der Waals surface area contributed by atoms with E-state index in [9.17, 15) is 9.18 Å². The Bertz CT molecular complexity index is 740. The second kappa shape index (κ2) is 6.73. The maximum absolute atomic E-state index is 13.6. The Morgan fingerprint density at radius 1 is 1.33 bits per heavy atom. The number of aromatic nitrogens is 2. The summed E-state index contributed by atoms with van der Waals surface area (Å²) in [4.78, 5) is 16.4. The normalized spacial score (nSPS) is 14.7. The van der Waals surface area contributed by atoms with Crippen LogP contribution in [0.4, 0.5) is 4.39 Å². The van der Waals surface area contributed by atoms with Crippen molar-refractivity contribution in [3.63, 3.8) is 0 Å². The summed E-state index contributed by atoms with van der Waals surface area (Å²) in [5, 5.41) is 7.43. The molecule has 6 heteroatoms. The second-order valence-corrected chi connectivity index (χ2v) is 6.60. The molecule has 1 aromatic heterocycles. The van der Waals surface area contributed by atoms with Gasteiger partial charge in [0.2, 0.25) is 5.91 Å². The average Bonchev–Trinajstić information content (AvgIpc) is 3.12. The first-order chi connectivity index (χ1) is 11.5. The van der Waals surface area contributed by atoms with Crippen molar-refractivity contribution in [2.75, 3.05) is 21.1 Å². The summed E-state index contributed by atoms with van der Waals surface area (Å²) in [6.45, 7) is 0.463. The fraction of sp³-hybridized carbons (Fsp3) is 0.444. The van der Waals surface area contributed by atoms with E-state index in [-0.39, 0.29) is 11.7 Å². The van der Waals surface area contributed by atoms with E-state index in [1.54, 1.807) is 24.1 Å².